The van der Waals surface area contributed by atoms with E-state index in [1.54, 1.807) is 0 Å². The highest BCUT2D eigenvalue weighted by molar-refractivity contribution is 7.80. The number of hydrogen-bond acceptors (Lipinski definition) is 1. The highest BCUT2D eigenvalue weighted by atomic mass is 32.1. The van der Waals surface area contributed by atoms with Crippen LogP contribution in [-0.4, -0.2) is 0 Å². The Bertz CT molecular complexity index is 921. The van der Waals surface area contributed by atoms with Crippen LogP contribution in [0.2, 0.25) is 0 Å². The summed E-state index contributed by atoms with van der Waals surface area (Å²) in [6, 6.07) is 37.5. The van der Waals surface area contributed by atoms with Gasteiger partial charge >= 0.3 is 0 Å². The Balaban J connectivity index is 0.000000481. The first-order valence-corrected chi connectivity index (χ1v) is 12.8. The fourth-order valence-corrected chi connectivity index (χ4v) is 2.93. The standard InChI is InChI=1S/C14H14S.2C7H8.C3H8.C2H6/c1-11-5-7-12(8-6-11)9-13-3-2-4-14(15)10-13;2*1-7-5-3-2-4-6-7;1-3-2;1-2/h2-8,10,15H,9H2,1H3;2*2-6H,1H3;3H2,1-2H3;1-2H3. The van der Waals surface area contributed by atoms with E-state index in [0.29, 0.717) is 0 Å². The second-order valence-electron chi connectivity index (χ2n) is 7.85. The number of hydrogen-bond donors (Lipinski definition) is 1. The minimum absolute atomic E-state index is 0.981. The molecule has 0 N–H and O–H groups in total. The molecular weight excluding hydrogens is 428 g/mol. The fourth-order valence-electron chi connectivity index (χ4n) is 2.68. The van der Waals surface area contributed by atoms with Gasteiger partial charge in [0.05, 0.1) is 0 Å². The summed E-state index contributed by atoms with van der Waals surface area (Å²) in [6.07, 6.45) is 2.23. The van der Waals surface area contributed by atoms with Gasteiger partial charge in [-0.1, -0.05) is 148 Å². The smallest absolute Gasteiger partial charge is 0.00428 e. The lowest BCUT2D eigenvalue weighted by Crippen LogP contribution is -1.87. The normalized spacial score (nSPS) is 8.82. The van der Waals surface area contributed by atoms with Crippen molar-refractivity contribution in [3.63, 3.8) is 0 Å². The summed E-state index contributed by atoms with van der Waals surface area (Å²) in [4.78, 5) is 1.03. The van der Waals surface area contributed by atoms with Gasteiger partial charge in [-0.3, -0.25) is 0 Å². The number of aryl methyl sites for hydroxylation is 3. The van der Waals surface area contributed by atoms with Crippen LogP contribution in [0.15, 0.2) is 114 Å². The van der Waals surface area contributed by atoms with Gasteiger partial charge in [-0.15, -0.1) is 12.6 Å². The molecule has 0 bridgehead atoms. The number of benzene rings is 4. The van der Waals surface area contributed by atoms with Crippen molar-refractivity contribution in [2.75, 3.05) is 0 Å². The van der Waals surface area contributed by atoms with Crippen LogP contribution in [0.25, 0.3) is 0 Å². The summed E-state index contributed by atoms with van der Waals surface area (Å²) in [5.41, 5.74) is 6.61. The molecule has 0 aliphatic rings. The SMILES string of the molecule is CC.CCC.Cc1ccc(Cc2cccc(S)c2)cc1.Cc1ccccc1.Cc1ccccc1. The van der Waals surface area contributed by atoms with Crippen LogP contribution in [0.4, 0.5) is 0 Å². The first-order chi connectivity index (χ1) is 16.4. The first-order valence-electron chi connectivity index (χ1n) is 12.3. The van der Waals surface area contributed by atoms with Crippen LogP contribution in [0.5, 0.6) is 0 Å². The molecule has 0 fully saturated rings. The second kappa shape index (κ2) is 20.8. The van der Waals surface area contributed by atoms with Crippen molar-refractivity contribution in [1.29, 1.82) is 0 Å². The van der Waals surface area contributed by atoms with Crippen LogP contribution >= 0.6 is 12.6 Å². The molecule has 182 valence electrons. The molecule has 0 aromatic heterocycles. The van der Waals surface area contributed by atoms with Gasteiger partial charge < -0.3 is 0 Å². The largest absolute Gasteiger partial charge is 0.143 e. The molecule has 34 heavy (non-hydrogen) atoms. The monoisotopic (exact) mass is 472 g/mol. The third kappa shape index (κ3) is 16.8. The van der Waals surface area contributed by atoms with E-state index in [1.807, 2.05) is 62.4 Å². The molecule has 0 amide bonds. The van der Waals surface area contributed by atoms with E-state index in [-0.39, 0.29) is 0 Å². The summed E-state index contributed by atoms with van der Waals surface area (Å²) < 4.78 is 0. The highest BCUT2D eigenvalue weighted by Gasteiger charge is 1.96. The summed E-state index contributed by atoms with van der Waals surface area (Å²) in [7, 11) is 0. The van der Waals surface area contributed by atoms with Gasteiger partial charge in [-0.05, 0) is 50.5 Å². The molecule has 4 aromatic rings. The molecule has 0 aliphatic carbocycles. The zero-order valence-electron chi connectivity index (χ0n) is 22.3. The Labute approximate surface area is 215 Å². The maximum absolute atomic E-state index is 4.34. The van der Waals surface area contributed by atoms with Crippen molar-refractivity contribution in [2.45, 2.75) is 66.2 Å². The Morgan fingerprint density at radius 1 is 0.500 bits per heavy atom. The van der Waals surface area contributed by atoms with Gasteiger partial charge in [0.2, 0.25) is 0 Å². The molecule has 0 atom stereocenters. The van der Waals surface area contributed by atoms with Crippen LogP contribution in [0.1, 0.15) is 61.9 Å². The first kappa shape index (κ1) is 31.2. The number of rotatable bonds is 2. The predicted molar refractivity (Wildman–Crippen MR) is 157 cm³/mol. The van der Waals surface area contributed by atoms with E-state index in [4.69, 9.17) is 0 Å². The Kier molecular flexibility index (Phi) is 19.1. The molecule has 0 spiro atoms. The molecule has 0 saturated carbocycles. The lowest BCUT2D eigenvalue weighted by molar-refractivity contribution is 1.09. The summed E-state index contributed by atoms with van der Waals surface area (Å²) in [5, 5.41) is 0. The lowest BCUT2D eigenvalue weighted by Gasteiger charge is -2.03. The third-order valence-corrected chi connectivity index (χ3v) is 4.60. The maximum Gasteiger partial charge on any atom is 0.00428 e. The van der Waals surface area contributed by atoms with Crippen LogP contribution in [0.3, 0.4) is 0 Å². The molecular formula is C33H44S. The highest BCUT2D eigenvalue weighted by Crippen LogP contribution is 2.14. The van der Waals surface area contributed by atoms with Crippen LogP contribution in [-0.2, 0) is 6.42 Å². The molecule has 0 radical (unpaired) electrons. The zero-order chi connectivity index (χ0) is 25.6. The topological polar surface area (TPSA) is 0 Å². The van der Waals surface area contributed by atoms with Crippen molar-refractivity contribution in [2.24, 2.45) is 0 Å². The Morgan fingerprint density at radius 3 is 1.26 bits per heavy atom. The summed E-state index contributed by atoms with van der Waals surface area (Å²) >= 11 is 4.34. The van der Waals surface area contributed by atoms with Gasteiger partial charge in [0.25, 0.3) is 0 Å². The number of thiol groups is 1. The van der Waals surface area contributed by atoms with Crippen molar-refractivity contribution < 1.29 is 0 Å². The second-order valence-corrected chi connectivity index (χ2v) is 8.37. The Hall–Kier alpha value is -2.77. The van der Waals surface area contributed by atoms with Crippen molar-refractivity contribution >= 4 is 12.6 Å². The quantitative estimate of drug-likeness (QED) is 0.276. The van der Waals surface area contributed by atoms with E-state index < -0.39 is 0 Å². The van der Waals surface area contributed by atoms with Gasteiger partial charge in [-0.2, -0.15) is 0 Å². The molecule has 1 heteroatoms. The third-order valence-electron chi connectivity index (χ3n) is 4.32. The van der Waals surface area contributed by atoms with E-state index in [1.165, 1.54) is 34.2 Å². The van der Waals surface area contributed by atoms with Gasteiger partial charge in [0, 0.05) is 4.90 Å². The molecule has 0 heterocycles. The van der Waals surface area contributed by atoms with Crippen LogP contribution in [0, 0.1) is 20.8 Å². The summed E-state index contributed by atoms with van der Waals surface area (Å²) in [6.45, 7) is 14.5. The van der Waals surface area contributed by atoms with Crippen molar-refractivity contribution in [3.05, 3.63) is 137 Å². The fraction of sp³-hybridized carbons (Fsp3) is 0.273. The molecule has 0 aliphatic heterocycles. The van der Waals surface area contributed by atoms with Crippen molar-refractivity contribution in [1.82, 2.24) is 0 Å². The minimum atomic E-state index is 0.981. The lowest BCUT2D eigenvalue weighted by atomic mass is 10.0. The average molecular weight is 473 g/mol. The van der Waals surface area contributed by atoms with E-state index >= 15 is 0 Å². The molecule has 4 aromatic carbocycles. The van der Waals surface area contributed by atoms with Crippen LogP contribution < -0.4 is 0 Å². The molecule has 0 saturated heterocycles. The van der Waals surface area contributed by atoms with Crippen molar-refractivity contribution in [3.8, 4) is 0 Å². The van der Waals surface area contributed by atoms with E-state index in [0.717, 1.165) is 11.3 Å². The van der Waals surface area contributed by atoms with Gasteiger partial charge in [0.1, 0.15) is 0 Å². The zero-order valence-corrected chi connectivity index (χ0v) is 23.1. The van der Waals surface area contributed by atoms with Gasteiger partial charge in [0.15, 0.2) is 0 Å². The van der Waals surface area contributed by atoms with Gasteiger partial charge in [-0.25, -0.2) is 0 Å². The molecule has 0 unspecified atom stereocenters. The maximum atomic E-state index is 4.34. The van der Waals surface area contributed by atoms with E-state index in [2.05, 4.69) is 108 Å². The minimum Gasteiger partial charge on any atom is -0.143 e. The van der Waals surface area contributed by atoms with E-state index in [9.17, 15) is 0 Å². The summed E-state index contributed by atoms with van der Waals surface area (Å²) in [5.74, 6) is 0. The Morgan fingerprint density at radius 2 is 0.912 bits per heavy atom. The predicted octanol–water partition coefficient (Wildman–Crippen LogP) is 10.3. The molecule has 0 nitrogen and oxygen atoms in total. The average Bonchev–Trinajstić information content (AvgIpc) is 2.84. The molecule has 4 rings (SSSR count).